The minimum atomic E-state index is -0.323. The van der Waals surface area contributed by atoms with Crippen molar-refractivity contribution in [2.24, 2.45) is 0 Å². The summed E-state index contributed by atoms with van der Waals surface area (Å²) < 4.78 is 6.32. The van der Waals surface area contributed by atoms with Crippen molar-refractivity contribution in [1.29, 1.82) is 0 Å². The Balaban J connectivity index is 2.03. The van der Waals surface area contributed by atoms with E-state index >= 15 is 0 Å². The zero-order chi connectivity index (χ0) is 17.7. The molecule has 2 rings (SSSR count). The molecule has 2 aromatic carbocycles. The van der Waals surface area contributed by atoms with Crippen LogP contribution in [0.15, 0.2) is 46.9 Å². The summed E-state index contributed by atoms with van der Waals surface area (Å²) in [5.41, 5.74) is 1.09. The molecule has 7 heteroatoms. The molecule has 0 saturated heterocycles. The van der Waals surface area contributed by atoms with Gasteiger partial charge in [0.2, 0.25) is 0 Å². The first-order chi connectivity index (χ1) is 11.4. The van der Waals surface area contributed by atoms with Gasteiger partial charge in [-0.15, -0.1) is 0 Å². The van der Waals surface area contributed by atoms with E-state index in [1.165, 1.54) is 0 Å². The average molecular weight is 428 g/mol. The summed E-state index contributed by atoms with van der Waals surface area (Å²) >= 11 is 14.6. The fraction of sp³-hybridized carbons (Fsp3) is 0.176. The number of anilines is 1. The van der Waals surface area contributed by atoms with Gasteiger partial charge >= 0.3 is 0 Å². The van der Waals surface area contributed by atoms with Crippen molar-refractivity contribution < 1.29 is 9.53 Å². The minimum absolute atomic E-state index is 0.0494. The van der Waals surface area contributed by atoms with Crippen LogP contribution in [-0.4, -0.2) is 17.1 Å². The monoisotopic (exact) mass is 426 g/mol. The average Bonchev–Trinajstić information content (AvgIpc) is 2.51. The molecule has 0 aromatic heterocycles. The molecule has 2 aromatic rings. The van der Waals surface area contributed by atoms with Gasteiger partial charge in [0.05, 0.1) is 21.3 Å². The smallest absolute Gasteiger partial charge is 0.257 e. The molecule has 0 saturated carbocycles. The lowest BCUT2D eigenvalue weighted by Gasteiger charge is -2.13. The number of rotatable bonds is 4. The van der Waals surface area contributed by atoms with Crippen LogP contribution in [0.5, 0.6) is 5.75 Å². The third kappa shape index (κ3) is 5.19. The van der Waals surface area contributed by atoms with Gasteiger partial charge in [-0.25, -0.2) is 0 Å². The number of halogens is 2. The summed E-state index contributed by atoms with van der Waals surface area (Å²) in [4.78, 5) is 12.3. The summed E-state index contributed by atoms with van der Waals surface area (Å²) in [5.74, 6) is 0.356. The zero-order valence-electron chi connectivity index (χ0n) is 13.1. The summed E-state index contributed by atoms with van der Waals surface area (Å²) in [6.07, 6.45) is 0.0494. The lowest BCUT2D eigenvalue weighted by molar-refractivity contribution is 0.0977. The van der Waals surface area contributed by atoms with Crippen LogP contribution in [-0.2, 0) is 0 Å². The number of ether oxygens (including phenoxy) is 1. The van der Waals surface area contributed by atoms with E-state index in [0.717, 1.165) is 0 Å². The largest absolute Gasteiger partial charge is 0.490 e. The van der Waals surface area contributed by atoms with Gasteiger partial charge in [-0.05, 0) is 72.3 Å². The first kappa shape index (κ1) is 18.7. The maximum Gasteiger partial charge on any atom is 0.257 e. The van der Waals surface area contributed by atoms with Gasteiger partial charge in [-0.1, -0.05) is 23.7 Å². The molecule has 0 radical (unpaired) electrons. The number of hydrogen-bond acceptors (Lipinski definition) is 3. The number of carbonyl (C=O) groups is 1. The number of amides is 1. The molecular formula is C17H16BrClN2O2S. The van der Waals surface area contributed by atoms with Gasteiger partial charge < -0.3 is 10.1 Å². The SMILES string of the molecule is CC(C)Oc1ccc(C(=O)NC(=S)Nc2ccccc2Cl)cc1Br. The van der Waals surface area contributed by atoms with E-state index < -0.39 is 0 Å². The number of nitrogens with one attached hydrogen (secondary N) is 2. The predicted molar refractivity (Wildman–Crippen MR) is 105 cm³/mol. The van der Waals surface area contributed by atoms with Crippen molar-refractivity contribution >= 4 is 56.5 Å². The Hall–Kier alpha value is -1.63. The van der Waals surface area contributed by atoms with Gasteiger partial charge in [-0.3, -0.25) is 10.1 Å². The minimum Gasteiger partial charge on any atom is -0.490 e. The second-order valence-corrected chi connectivity index (χ2v) is 6.87. The van der Waals surface area contributed by atoms with Crippen molar-refractivity contribution in [3.63, 3.8) is 0 Å². The Bertz CT molecular complexity index is 768. The van der Waals surface area contributed by atoms with Crippen LogP contribution in [0.4, 0.5) is 5.69 Å². The fourth-order valence-electron chi connectivity index (χ4n) is 1.88. The van der Waals surface area contributed by atoms with E-state index in [2.05, 4.69) is 26.6 Å². The van der Waals surface area contributed by atoms with E-state index in [-0.39, 0.29) is 17.1 Å². The van der Waals surface area contributed by atoms with Gasteiger partial charge in [0, 0.05) is 5.56 Å². The maximum atomic E-state index is 12.3. The number of para-hydroxylation sites is 1. The number of benzene rings is 2. The molecule has 2 N–H and O–H groups in total. The molecule has 0 aliphatic carbocycles. The molecule has 0 aliphatic heterocycles. The fourth-order valence-corrected chi connectivity index (χ4v) is 2.74. The van der Waals surface area contributed by atoms with Crippen molar-refractivity contribution in [1.82, 2.24) is 5.32 Å². The Morgan fingerprint density at radius 3 is 2.58 bits per heavy atom. The lowest BCUT2D eigenvalue weighted by Crippen LogP contribution is -2.34. The van der Waals surface area contributed by atoms with E-state index in [9.17, 15) is 4.79 Å². The summed E-state index contributed by atoms with van der Waals surface area (Å²) in [6.45, 7) is 3.87. The third-order valence-corrected chi connectivity index (χ3v) is 4.06. The highest BCUT2D eigenvalue weighted by molar-refractivity contribution is 9.10. The number of carbonyl (C=O) groups excluding carboxylic acids is 1. The Labute approximate surface area is 159 Å². The van der Waals surface area contributed by atoms with Gasteiger partial charge in [0.15, 0.2) is 5.11 Å². The van der Waals surface area contributed by atoms with E-state index in [4.69, 9.17) is 28.6 Å². The standard InChI is InChI=1S/C17H16BrClN2O2S/c1-10(2)23-15-8-7-11(9-12(15)18)16(22)21-17(24)20-14-6-4-3-5-13(14)19/h3-10H,1-2H3,(H2,20,21,22,24). The molecule has 0 bridgehead atoms. The molecule has 0 atom stereocenters. The molecule has 24 heavy (non-hydrogen) atoms. The van der Waals surface area contributed by atoms with Gasteiger partial charge in [0.1, 0.15) is 5.75 Å². The van der Waals surface area contributed by atoms with Crippen LogP contribution in [0.3, 0.4) is 0 Å². The summed E-state index contributed by atoms with van der Waals surface area (Å²) in [6, 6.07) is 12.2. The Kier molecular flexibility index (Phi) is 6.60. The van der Waals surface area contributed by atoms with E-state index in [1.807, 2.05) is 26.0 Å². The molecule has 1 amide bonds. The first-order valence-corrected chi connectivity index (χ1v) is 8.78. The van der Waals surface area contributed by atoms with Crippen LogP contribution in [0.2, 0.25) is 5.02 Å². The quantitative estimate of drug-likeness (QED) is 0.673. The normalized spacial score (nSPS) is 10.4. The van der Waals surface area contributed by atoms with Crippen LogP contribution >= 0.6 is 39.7 Å². The highest BCUT2D eigenvalue weighted by Gasteiger charge is 2.12. The number of thiocarbonyl (C=S) groups is 1. The summed E-state index contributed by atoms with van der Waals surface area (Å²) in [5, 5.41) is 6.21. The molecule has 126 valence electrons. The lowest BCUT2D eigenvalue weighted by atomic mass is 10.2. The topological polar surface area (TPSA) is 50.4 Å². The van der Waals surface area contributed by atoms with Crippen LogP contribution in [0, 0.1) is 0 Å². The molecular weight excluding hydrogens is 412 g/mol. The molecule has 0 heterocycles. The second-order valence-electron chi connectivity index (χ2n) is 5.20. The third-order valence-electron chi connectivity index (χ3n) is 2.91. The Morgan fingerprint density at radius 2 is 1.96 bits per heavy atom. The van der Waals surface area contributed by atoms with Crippen molar-refractivity contribution in [3.05, 3.63) is 57.5 Å². The highest BCUT2D eigenvalue weighted by Crippen LogP contribution is 2.27. The van der Waals surface area contributed by atoms with E-state index in [0.29, 0.717) is 26.5 Å². The number of hydrogen-bond donors (Lipinski definition) is 2. The second kappa shape index (κ2) is 8.46. The highest BCUT2D eigenvalue weighted by atomic mass is 79.9. The van der Waals surface area contributed by atoms with Crippen molar-refractivity contribution in [2.45, 2.75) is 20.0 Å². The Morgan fingerprint density at radius 1 is 1.25 bits per heavy atom. The molecule has 4 nitrogen and oxygen atoms in total. The predicted octanol–water partition coefficient (Wildman–Crippen LogP) is 5.02. The van der Waals surface area contributed by atoms with Crippen LogP contribution < -0.4 is 15.4 Å². The van der Waals surface area contributed by atoms with Crippen LogP contribution in [0.25, 0.3) is 0 Å². The van der Waals surface area contributed by atoms with Crippen molar-refractivity contribution in [3.8, 4) is 5.75 Å². The molecule has 0 unspecified atom stereocenters. The maximum absolute atomic E-state index is 12.3. The first-order valence-electron chi connectivity index (χ1n) is 7.20. The van der Waals surface area contributed by atoms with E-state index in [1.54, 1.807) is 30.3 Å². The van der Waals surface area contributed by atoms with Crippen LogP contribution in [0.1, 0.15) is 24.2 Å². The molecule has 0 fully saturated rings. The zero-order valence-corrected chi connectivity index (χ0v) is 16.3. The molecule has 0 aliphatic rings. The van der Waals surface area contributed by atoms with Gasteiger partial charge in [-0.2, -0.15) is 0 Å². The summed E-state index contributed by atoms with van der Waals surface area (Å²) in [7, 11) is 0. The van der Waals surface area contributed by atoms with Gasteiger partial charge in [0.25, 0.3) is 5.91 Å². The molecule has 0 spiro atoms. The van der Waals surface area contributed by atoms with Crippen molar-refractivity contribution in [2.75, 3.05) is 5.32 Å².